The van der Waals surface area contributed by atoms with Gasteiger partial charge in [-0.05, 0) is 36.1 Å². The molecule has 0 aromatic rings. The monoisotopic (exact) mass is 182 g/mol. The van der Waals surface area contributed by atoms with Gasteiger partial charge in [-0.15, -0.1) is 0 Å². The minimum atomic E-state index is -1.24. The summed E-state index contributed by atoms with van der Waals surface area (Å²) in [4.78, 5) is 0. The summed E-state index contributed by atoms with van der Waals surface area (Å²) in [6.45, 7) is 6.73. The van der Waals surface area contributed by atoms with Crippen molar-refractivity contribution in [2.45, 2.75) is 40.0 Å². The molecule has 0 radical (unpaired) electrons. The van der Waals surface area contributed by atoms with E-state index in [9.17, 15) is 0 Å². The largest absolute Gasteiger partial charge is 0.483 e. The second-order valence-electron chi connectivity index (χ2n) is 4.99. The maximum absolute atomic E-state index is 8.95. The zero-order valence-corrected chi connectivity index (χ0v) is 8.75. The van der Waals surface area contributed by atoms with Crippen LogP contribution in [0.15, 0.2) is 11.5 Å². The van der Waals surface area contributed by atoms with E-state index in [2.05, 4.69) is 20.8 Å². The van der Waals surface area contributed by atoms with Crippen LogP contribution in [0, 0.1) is 11.3 Å². The fraction of sp³-hybridized carbons (Fsp3) is 0.800. The molecule has 0 heterocycles. The predicted molar refractivity (Wildman–Crippen MR) is 55.1 cm³/mol. The minimum Gasteiger partial charge on any atom is -0.423 e. The smallest absolute Gasteiger partial charge is 0.423 e. The van der Waals surface area contributed by atoms with Crippen molar-refractivity contribution in [1.29, 1.82) is 0 Å². The average molecular weight is 182 g/mol. The quantitative estimate of drug-likeness (QED) is 0.606. The molecule has 0 aliphatic heterocycles. The van der Waals surface area contributed by atoms with Crippen molar-refractivity contribution >= 4 is 7.12 Å². The van der Waals surface area contributed by atoms with Crippen LogP contribution >= 0.6 is 0 Å². The highest BCUT2D eigenvalue weighted by molar-refractivity contribution is 6.50. The lowest BCUT2D eigenvalue weighted by molar-refractivity contribution is 0.221. The fourth-order valence-electron chi connectivity index (χ4n) is 1.88. The van der Waals surface area contributed by atoms with Crippen LogP contribution in [0.25, 0.3) is 0 Å². The molecule has 0 aromatic heterocycles. The highest BCUT2D eigenvalue weighted by Crippen LogP contribution is 2.37. The van der Waals surface area contributed by atoms with Crippen molar-refractivity contribution in [2.24, 2.45) is 11.3 Å². The Balaban J connectivity index is 2.56. The predicted octanol–water partition coefficient (Wildman–Crippen LogP) is 1.77. The third kappa shape index (κ3) is 2.85. The lowest BCUT2D eigenvalue weighted by Gasteiger charge is -2.33. The second kappa shape index (κ2) is 3.85. The van der Waals surface area contributed by atoms with E-state index in [0.717, 1.165) is 24.7 Å². The summed E-state index contributed by atoms with van der Waals surface area (Å²) in [5, 5.41) is 17.9. The Morgan fingerprint density at radius 3 is 2.31 bits per heavy atom. The Kier molecular flexibility index (Phi) is 3.20. The molecule has 0 saturated heterocycles. The summed E-state index contributed by atoms with van der Waals surface area (Å²) < 4.78 is 0. The van der Waals surface area contributed by atoms with Gasteiger partial charge in [-0.2, -0.15) is 0 Å². The van der Waals surface area contributed by atoms with Gasteiger partial charge in [0.1, 0.15) is 0 Å². The first-order chi connectivity index (χ1) is 5.91. The molecule has 2 N–H and O–H groups in total. The molecule has 0 fully saturated rings. The molecule has 3 heteroatoms. The van der Waals surface area contributed by atoms with Gasteiger partial charge in [0.25, 0.3) is 0 Å². The molecule has 0 spiro atoms. The van der Waals surface area contributed by atoms with Crippen molar-refractivity contribution in [3.63, 3.8) is 0 Å². The zero-order chi connectivity index (χ0) is 10.1. The average Bonchev–Trinajstić information content (AvgIpc) is 2.03. The standard InChI is InChI=1S/C10H19BO2/c1-10(2,3)8-4-6-9(7-5-8)11(12)13/h6,8,12-13H,4-5,7H2,1-3H3/t8-/m0/s1. The molecule has 1 atom stereocenters. The Hall–Kier alpha value is -0.275. The van der Waals surface area contributed by atoms with Gasteiger partial charge in [0.2, 0.25) is 0 Å². The Morgan fingerprint density at radius 2 is 2.00 bits per heavy atom. The number of allylic oxidation sites excluding steroid dienone is 2. The SMILES string of the molecule is CC(C)(C)[C@H]1CC=C(B(O)O)CC1. The van der Waals surface area contributed by atoms with Gasteiger partial charge in [-0.1, -0.05) is 26.8 Å². The van der Waals surface area contributed by atoms with Gasteiger partial charge in [0, 0.05) is 0 Å². The van der Waals surface area contributed by atoms with E-state index in [4.69, 9.17) is 10.0 Å². The van der Waals surface area contributed by atoms with Crippen LogP contribution in [-0.4, -0.2) is 17.2 Å². The zero-order valence-electron chi connectivity index (χ0n) is 8.75. The lowest BCUT2D eigenvalue weighted by Crippen LogP contribution is -2.26. The highest BCUT2D eigenvalue weighted by Gasteiger charge is 2.28. The molecule has 13 heavy (non-hydrogen) atoms. The highest BCUT2D eigenvalue weighted by atomic mass is 16.4. The fourth-order valence-corrected chi connectivity index (χ4v) is 1.88. The summed E-state index contributed by atoms with van der Waals surface area (Å²) in [5.74, 6) is 0.676. The molecular weight excluding hydrogens is 163 g/mol. The second-order valence-corrected chi connectivity index (χ2v) is 4.99. The molecule has 2 nitrogen and oxygen atoms in total. The molecule has 0 aromatic carbocycles. The van der Waals surface area contributed by atoms with Crippen LogP contribution in [0.5, 0.6) is 0 Å². The molecular formula is C10H19BO2. The Labute approximate surface area is 80.8 Å². The number of hydrogen-bond donors (Lipinski definition) is 2. The molecule has 1 rings (SSSR count). The van der Waals surface area contributed by atoms with Gasteiger partial charge in [-0.3, -0.25) is 0 Å². The third-order valence-electron chi connectivity index (χ3n) is 3.00. The van der Waals surface area contributed by atoms with Crippen molar-refractivity contribution in [3.8, 4) is 0 Å². The van der Waals surface area contributed by atoms with Gasteiger partial charge in [0.15, 0.2) is 0 Å². The Morgan fingerprint density at radius 1 is 1.38 bits per heavy atom. The van der Waals surface area contributed by atoms with E-state index in [1.165, 1.54) is 0 Å². The molecule has 0 unspecified atom stereocenters. The molecule has 0 saturated carbocycles. The van der Waals surface area contributed by atoms with Crippen molar-refractivity contribution in [3.05, 3.63) is 11.5 Å². The van der Waals surface area contributed by atoms with Crippen LogP contribution in [0.4, 0.5) is 0 Å². The van der Waals surface area contributed by atoms with E-state index < -0.39 is 7.12 Å². The van der Waals surface area contributed by atoms with E-state index in [1.54, 1.807) is 0 Å². The Bertz CT molecular complexity index is 203. The van der Waals surface area contributed by atoms with Gasteiger partial charge >= 0.3 is 7.12 Å². The number of rotatable bonds is 1. The van der Waals surface area contributed by atoms with E-state index in [-0.39, 0.29) is 0 Å². The molecule has 0 bridgehead atoms. The van der Waals surface area contributed by atoms with Crippen molar-refractivity contribution in [1.82, 2.24) is 0 Å². The van der Waals surface area contributed by atoms with Crippen LogP contribution in [-0.2, 0) is 0 Å². The maximum atomic E-state index is 8.95. The summed E-state index contributed by atoms with van der Waals surface area (Å²) >= 11 is 0. The number of hydrogen-bond acceptors (Lipinski definition) is 2. The van der Waals surface area contributed by atoms with Crippen LogP contribution in [0.2, 0.25) is 0 Å². The normalized spacial score (nSPS) is 24.1. The molecule has 1 aliphatic rings. The molecule has 0 amide bonds. The van der Waals surface area contributed by atoms with Crippen LogP contribution in [0.1, 0.15) is 40.0 Å². The first-order valence-corrected chi connectivity index (χ1v) is 4.96. The summed E-state index contributed by atoms with van der Waals surface area (Å²) in [6.07, 6.45) is 4.88. The summed E-state index contributed by atoms with van der Waals surface area (Å²) in [6, 6.07) is 0. The van der Waals surface area contributed by atoms with Crippen LogP contribution < -0.4 is 0 Å². The minimum absolute atomic E-state index is 0.336. The molecule has 74 valence electrons. The third-order valence-corrected chi connectivity index (χ3v) is 3.00. The first-order valence-electron chi connectivity index (χ1n) is 4.96. The van der Waals surface area contributed by atoms with Gasteiger partial charge in [-0.25, -0.2) is 0 Å². The van der Waals surface area contributed by atoms with Gasteiger partial charge < -0.3 is 10.0 Å². The van der Waals surface area contributed by atoms with E-state index >= 15 is 0 Å². The van der Waals surface area contributed by atoms with E-state index in [0.29, 0.717) is 11.3 Å². The summed E-state index contributed by atoms with van der Waals surface area (Å²) in [5.41, 5.74) is 1.13. The van der Waals surface area contributed by atoms with Crippen molar-refractivity contribution < 1.29 is 10.0 Å². The summed E-state index contributed by atoms with van der Waals surface area (Å²) in [7, 11) is -1.24. The first kappa shape index (κ1) is 10.8. The van der Waals surface area contributed by atoms with Gasteiger partial charge in [0.05, 0.1) is 0 Å². The lowest BCUT2D eigenvalue weighted by atomic mass is 9.66. The molecule has 1 aliphatic carbocycles. The van der Waals surface area contributed by atoms with E-state index in [1.807, 2.05) is 6.08 Å². The van der Waals surface area contributed by atoms with Crippen molar-refractivity contribution in [2.75, 3.05) is 0 Å². The topological polar surface area (TPSA) is 40.5 Å². The van der Waals surface area contributed by atoms with Crippen LogP contribution in [0.3, 0.4) is 0 Å². The maximum Gasteiger partial charge on any atom is 0.483 e.